The highest BCUT2D eigenvalue weighted by Crippen LogP contribution is 2.03. The van der Waals surface area contributed by atoms with Gasteiger partial charge in [0.2, 0.25) is 0 Å². The average molecular weight is 166 g/mol. The molecule has 0 rings (SSSR count). The number of allylic oxidation sites excluding steroid dienone is 1. The zero-order valence-corrected chi connectivity index (χ0v) is 8.30. The lowest BCUT2D eigenvalue weighted by molar-refractivity contribution is 0.433. The molecule has 0 aromatic rings. The van der Waals surface area contributed by atoms with Crippen molar-refractivity contribution >= 4 is 6.72 Å². The Balaban J connectivity index is 4.16. The lowest BCUT2D eigenvalue weighted by Gasteiger charge is -2.14. The molecule has 0 amide bonds. The number of hydrogen-bond acceptors (Lipinski definition) is 2. The van der Waals surface area contributed by atoms with Gasteiger partial charge in [-0.25, -0.2) is 0 Å². The summed E-state index contributed by atoms with van der Waals surface area (Å²) in [4.78, 5) is 0. The van der Waals surface area contributed by atoms with E-state index in [1.54, 1.807) is 5.01 Å². The molecule has 68 valence electrons. The van der Waals surface area contributed by atoms with Gasteiger partial charge in [-0.2, -0.15) is 5.10 Å². The normalized spacial score (nSPS) is 11.1. The average Bonchev–Trinajstić information content (AvgIpc) is 2.02. The standard InChI is InChI=1S/C10H18N2/c1-6-10(4)8-12(11-5)7-9(2)3/h8H,2,5-7H2,1,3-4H3/b10-8+. The molecule has 2 nitrogen and oxygen atoms in total. The molecule has 0 radical (unpaired) electrons. The molecule has 0 unspecified atom stereocenters. The highest BCUT2D eigenvalue weighted by atomic mass is 15.4. The van der Waals surface area contributed by atoms with Gasteiger partial charge in [-0.05, 0) is 20.3 Å². The van der Waals surface area contributed by atoms with Crippen molar-refractivity contribution in [2.45, 2.75) is 27.2 Å². The van der Waals surface area contributed by atoms with Gasteiger partial charge in [-0.1, -0.05) is 24.6 Å². The van der Waals surface area contributed by atoms with E-state index < -0.39 is 0 Å². The molecule has 12 heavy (non-hydrogen) atoms. The van der Waals surface area contributed by atoms with Crippen LogP contribution in [-0.2, 0) is 0 Å². The van der Waals surface area contributed by atoms with Crippen LogP contribution in [0.15, 0.2) is 29.0 Å². The van der Waals surface area contributed by atoms with E-state index in [0.29, 0.717) is 0 Å². The topological polar surface area (TPSA) is 15.6 Å². The molecule has 0 N–H and O–H groups in total. The minimum absolute atomic E-state index is 0.751. The summed E-state index contributed by atoms with van der Waals surface area (Å²) in [7, 11) is 0. The molecule has 0 aliphatic rings. The Morgan fingerprint density at radius 1 is 1.50 bits per heavy atom. The third-order valence-electron chi connectivity index (χ3n) is 1.54. The summed E-state index contributed by atoms with van der Waals surface area (Å²) in [6.07, 6.45) is 3.05. The van der Waals surface area contributed by atoms with Gasteiger partial charge in [-0.15, -0.1) is 0 Å². The third kappa shape index (κ3) is 4.72. The van der Waals surface area contributed by atoms with Crippen LogP contribution in [0.3, 0.4) is 0 Å². The summed E-state index contributed by atoms with van der Waals surface area (Å²) in [6, 6.07) is 0. The van der Waals surface area contributed by atoms with E-state index >= 15 is 0 Å². The van der Waals surface area contributed by atoms with Gasteiger partial charge in [0.25, 0.3) is 0 Å². The van der Waals surface area contributed by atoms with Crippen LogP contribution in [0.4, 0.5) is 0 Å². The van der Waals surface area contributed by atoms with Crippen molar-refractivity contribution in [2.75, 3.05) is 6.54 Å². The predicted molar refractivity (Wildman–Crippen MR) is 55.1 cm³/mol. The van der Waals surface area contributed by atoms with Crippen molar-refractivity contribution in [3.63, 3.8) is 0 Å². The number of nitrogens with zero attached hydrogens (tertiary/aromatic N) is 2. The number of hydrogen-bond donors (Lipinski definition) is 0. The van der Waals surface area contributed by atoms with Crippen molar-refractivity contribution in [1.29, 1.82) is 0 Å². The molecule has 0 atom stereocenters. The first-order chi connectivity index (χ1) is 5.60. The summed E-state index contributed by atoms with van der Waals surface area (Å²) in [5.74, 6) is 0. The fraction of sp³-hybridized carbons (Fsp3) is 0.500. The van der Waals surface area contributed by atoms with Crippen LogP contribution >= 0.6 is 0 Å². The summed E-state index contributed by atoms with van der Waals surface area (Å²) in [5, 5.41) is 5.67. The molecule has 0 aromatic heterocycles. The van der Waals surface area contributed by atoms with Crippen LogP contribution in [0.2, 0.25) is 0 Å². The summed E-state index contributed by atoms with van der Waals surface area (Å²) >= 11 is 0. The van der Waals surface area contributed by atoms with E-state index in [9.17, 15) is 0 Å². The van der Waals surface area contributed by atoms with Gasteiger partial charge in [0, 0.05) is 12.9 Å². The fourth-order valence-electron chi connectivity index (χ4n) is 0.759. The lowest BCUT2D eigenvalue weighted by Crippen LogP contribution is -2.12. The van der Waals surface area contributed by atoms with Crippen LogP contribution in [-0.4, -0.2) is 18.3 Å². The first-order valence-electron chi connectivity index (χ1n) is 4.15. The van der Waals surface area contributed by atoms with E-state index in [4.69, 9.17) is 0 Å². The Morgan fingerprint density at radius 2 is 2.08 bits per heavy atom. The molecule has 0 saturated heterocycles. The van der Waals surface area contributed by atoms with Crippen LogP contribution in [0.25, 0.3) is 0 Å². The zero-order valence-electron chi connectivity index (χ0n) is 8.30. The van der Waals surface area contributed by atoms with Gasteiger partial charge < -0.3 is 0 Å². The van der Waals surface area contributed by atoms with E-state index in [0.717, 1.165) is 18.5 Å². The van der Waals surface area contributed by atoms with E-state index in [1.807, 2.05) is 13.1 Å². The van der Waals surface area contributed by atoms with Crippen molar-refractivity contribution in [3.05, 3.63) is 23.9 Å². The zero-order chi connectivity index (χ0) is 9.56. The molecule has 2 heteroatoms. The Hall–Kier alpha value is -1.05. The monoisotopic (exact) mass is 166 g/mol. The first-order valence-corrected chi connectivity index (χ1v) is 4.15. The molecule has 0 heterocycles. The largest absolute Gasteiger partial charge is 0.269 e. The summed E-state index contributed by atoms with van der Waals surface area (Å²) < 4.78 is 0. The Morgan fingerprint density at radius 3 is 2.42 bits per heavy atom. The maximum absolute atomic E-state index is 3.86. The number of hydrazone groups is 1. The van der Waals surface area contributed by atoms with Crippen molar-refractivity contribution in [2.24, 2.45) is 5.10 Å². The highest BCUT2D eigenvalue weighted by molar-refractivity contribution is 5.23. The predicted octanol–water partition coefficient (Wildman–Crippen LogP) is 2.79. The molecule has 0 spiro atoms. The van der Waals surface area contributed by atoms with Crippen molar-refractivity contribution in [1.82, 2.24) is 5.01 Å². The molecular formula is C10H18N2. The second-order valence-corrected chi connectivity index (χ2v) is 3.03. The minimum atomic E-state index is 0.751. The fourth-order valence-corrected chi connectivity index (χ4v) is 0.759. The maximum atomic E-state index is 3.86. The van der Waals surface area contributed by atoms with E-state index in [2.05, 4.69) is 32.2 Å². The Bertz CT molecular complexity index is 192. The molecule has 0 aromatic carbocycles. The van der Waals surface area contributed by atoms with Gasteiger partial charge in [-0.3, -0.25) is 5.01 Å². The SMILES string of the molecule is C=NN(/C=C(\C)CC)CC(=C)C. The van der Waals surface area contributed by atoms with Crippen LogP contribution in [0, 0.1) is 0 Å². The number of rotatable bonds is 5. The molecular weight excluding hydrogens is 148 g/mol. The maximum Gasteiger partial charge on any atom is 0.0613 e. The van der Waals surface area contributed by atoms with Crippen LogP contribution in [0.1, 0.15) is 27.2 Å². The van der Waals surface area contributed by atoms with Gasteiger partial charge in [0.05, 0.1) is 6.54 Å². The van der Waals surface area contributed by atoms with Gasteiger partial charge in [0.15, 0.2) is 0 Å². The Labute approximate surface area is 75.3 Å². The molecule has 0 bridgehead atoms. The molecule has 0 saturated carbocycles. The summed E-state index contributed by atoms with van der Waals surface area (Å²) in [5.41, 5.74) is 2.38. The smallest absolute Gasteiger partial charge is 0.0613 e. The molecule has 0 fully saturated rings. The van der Waals surface area contributed by atoms with Gasteiger partial charge >= 0.3 is 0 Å². The second kappa shape index (κ2) is 5.58. The Kier molecular flexibility index (Phi) is 5.09. The third-order valence-corrected chi connectivity index (χ3v) is 1.54. The first kappa shape index (κ1) is 11.0. The quantitative estimate of drug-likeness (QED) is 0.348. The van der Waals surface area contributed by atoms with Gasteiger partial charge in [0.1, 0.15) is 0 Å². The molecule has 0 aliphatic carbocycles. The molecule has 0 aliphatic heterocycles. The van der Waals surface area contributed by atoms with Crippen LogP contribution in [0.5, 0.6) is 0 Å². The lowest BCUT2D eigenvalue weighted by atomic mass is 10.2. The summed E-state index contributed by atoms with van der Waals surface area (Å²) in [6.45, 7) is 14.2. The van der Waals surface area contributed by atoms with Crippen molar-refractivity contribution in [3.8, 4) is 0 Å². The van der Waals surface area contributed by atoms with E-state index in [1.165, 1.54) is 5.57 Å². The minimum Gasteiger partial charge on any atom is -0.269 e. The van der Waals surface area contributed by atoms with Crippen LogP contribution < -0.4 is 0 Å². The van der Waals surface area contributed by atoms with E-state index in [-0.39, 0.29) is 0 Å². The van der Waals surface area contributed by atoms with Crippen molar-refractivity contribution < 1.29 is 0 Å². The highest BCUT2D eigenvalue weighted by Gasteiger charge is 1.95. The second-order valence-electron chi connectivity index (χ2n) is 3.03.